The van der Waals surface area contributed by atoms with E-state index in [-0.39, 0.29) is 5.04 Å². The lowest BCUT2D eigenvalue weighted by Crippen LogP contribution is -2.21. The third kappa shape index (κ3) is 5.20. The summed E-state index contributed by atoms with van der Waals surface area (Å²) in [7, 11) is -1.80. The van der Waals surface area contributed by atoms with Crippen molar-refractivity contribution in [2.45, 2.75) is 43.8 Å². The van der Waals surface area contributed by atoms with Gasteiger partial charge in [0.25, 0.3) is 0 Å². The molecule has 1 radical (unpaired) electrons. The van der Waals surface area contributed by atoms with E-state index in [0.29, 0.717) is 6.54 Å². The van der Waals surface area contributed by atoms with Crippen LogP contribution in [-0.4, -0.2) is 31.5 Å². The summed E-state index contributed by atoms with van der Waals surface area (Å²) in [5, 5.41) is 4.62. The van der Waals surface area contributed by atoms with Gasteiger partial charge in [0.05, 0.1) is 22.4 Å². The van der Waals surface area contributed by atoms with Crippen molar-refractivity contribution in [3.63, 3.8) is 0 Å². The van der Waals surface area contributed by atoms with Gasteiger partial charge in [-0.25, -0.2) is 4.21 Å². The maximum Gasteiger partial charge on any atom is 0.212 e. The van der Waals surface area contributed by atoms with Gasteiger partial charge in [0.2, 0.25) is 8.96 Å². The predicted molar refractivity (Wildman–Crippen MR) is 128 cm³/mol. The van der Waals surface area contributed by atoms with E-state index < -0.39 is 18.7 Å². The van der Waals surface area contributed by atoms with Gasteiger partial charge < -0.3 is 10.1 Å². The molecule has 0 spiro atoms. The maximum atomic E-state index is 13.2. The van der Waals surface area contributed by atoms with Gasteiger partial charge >= 0.3 is 0 Å². The second kappa shape index (κ2) is 8.77. The molecule has 0 saturated heterocycles. The SMILES string of the molecule is COc1ccc2c(NCc3ccc(S(C)(=O)=N[Si](C)C(C)(C)C)cc3)ccnc2c1. The largest absolute Gasteiger partial charge is 0.497 e. The number of pyridine rings is 1. The number of hydrogen-bond donors (Lipinski definition) is 1. The minimum atomic E-state index is -2.38. The van der Waals surface area contributed by atoms with Crippen LogP contribution in [0.2, 0.25) is 11.6 Å². The average molecular weight is 441 g/mol. The Morgan fingerprint density at radius 1 is 1.13 bits per heavy atom. The second-order valence-electron chi connectivity index (χ2n) is 8.47. The van der Waals surface area contributed by atoms with E-state index in [4.69, 9.17) is 8.77 Å². The fourth-order valence-corrected chi connectivity index (χ4v) is 7.17. The van der Waals surface area contributed by atoms with Crippen molar-refractivity contribution >= 4 is 35.3 Å². The first-order valence-corrected chi connectivity index (χ1v) is 13.8. The summed E-state index contributed by atoms with van der Waals surface area (Å²) in [6, 6.07) is 15.8. The quantitative estimate of drug-likeness (QED) is 0.497. The molecule has 1 atom stereocenters. The van der Waals surface area contributed by atoms with E-state index >= 15 is 0 Å². The molecule has 3 rings (SSSR count). The lowest BCUT2D eigenvalue weighted by molar-refractivity contribution is 0.415. The Hall–Kier alpha value is -2.38. The van der Waals surface area contributed by atoms with E-state index in [1.54, 1.807) is 19.6 Å². The Labute approximate surface area is 181 Å². The number of rotatable bonds is 6. The molecule has 30 heavy (non-hydrogen) atoms. The molecule has 0 aliphatic heterocycles. The van der Waals surface area contributed by atoms with Crippen LogP contribution in [0.3, 0.4) is 0 Å². The van der Waals surface area contributed by atoms with Crippen LogP contribution in [0.4, 0.5) is 5.69 Å². The molecule has 7 heteroatoms. The van der Waals surface area contributed by atoms with Gasteiger partial charge in [0.15, 0.2) is 0 Å². The Bertz CT molecular complexity index is 1150. The zero-order valence-electron chi connectivity index (χ0n) is 18.5. The van der Waals surface area contributed by atoms with Crippen LogP contribution >= 0.6 is 0 Å². The van der Waals surface area contributed by atoms with Gasteiger partial charge in [-0.2, -0.15) is 0 Å². The summed E-state index contributed by atoms with van der Waals surface area (Å²) < 4.78 is 23.2. The summed E-state index contributed by atoms with van der Waals surface area (Å²) >= 11 is 0. The van der Waals surface area contributed by atoms with Crippen LogP contribution in [-0.2, 0) is 16.3 Å². The number of benzene rings is 2. The van der Waals surface area contributed by atoms with Gasteiger partial charge in [0, 0.05) is 41.0 Å². The average Bonchev–Trinajstić information content (AvgIpc) is 2.71. The van der Waals surface area contributed by atoms with Crippen LogP contribution in [0.15, 0.2) is 63.7 Å². The minimum Gasteiger partial charge on any atom is -0.497 e. The molecule has 1 unspecified atom stereocenters. The summed E-state index contributed by atoms with van der Waals surface area (Å²) in [5.41, 5.74) is 3.02. The van der Waals surface area contributed by atoms with Gasteiger partial charge in [-0.05, 0) is 47.5 Å². The highest BCUT2D eigenvalue weighted by Crippen LogP contribution is 2.29. The molecule has 0 aliphatic rings. The third-order valence-corrected chi connectivity index (χ3v) is 11.0. The van der Waals surface area contributed by atoms with E-state index in [1.807, 2.05) is 48.5 Å². The van der Waals surface area contributed by atoms with Crippen molar-refractivity contribution < 1.29 is 8.95 Å². The van der Waals surface area contributed by atoms with Crippen molar-refractivity contribution in [2.75, 3.05) is 18.7 Å². The van der Waals surface area contributed by atoms with E-state index in [2.05, 4.69) is 37.6 Å². The van der Waals surface area contributed by atoms with Crippen molar-refractivity contribution in [1.82, 2.24) is 4.98 Å². The molecule has 1 heterocycles. The Kier molecular flexibility index (Phi) is 6.52. The Balaban J connectivity index is 1.76. The molecule has 0 amide bonds. The lowest BCUT2D eigenvalue weighted by Gasteiger charge is -2.22. The fourth-order valence-electron chi connectivity index (χ4n) is 2.92. The van der Waals surface area contributed by atoms with Crippen LogP contribution < -0.4 is 10.1 Å². The highest BCUT2D eigenvalue weighted by molar-refractivity contribution is 7.93. The summed E-state index contributed by atoms with van der Waals surface area (Å²) in [6.45, 7) is 9.27. The maximum absolute atomic E-state index is 13.2. The van der Waals surface area contributed by atoms with Gasteiger partial charge in [-0.3, -0.25) is 9.01 Å². The fraction of sp³-hybridized carbons (Fsp3) is 0.348. The topological polar surface area (TPSA) is 63.6 Å². The normalized spacial score (nSPS) is 13.8. The molecule has 0 bridgehead atoms. The highest BCUT2D eigenvalue weighted by Gasteiger charge is 2.24. The predicted octanol–water partition coefficient (Wildman–Crippen LogP) is 5.73. The monoisotopic (exact) mass is 440 g/mol. The number of anilines is 1. The van der Waals surface area contributed by atoms with Crippen LogP contribution in [0.5, 0.6) is 5.75 Å². The summed E-state index contributed by atoms with van der Waals surface area (Å²) in [5.74, 6) is 0.791. The molecule has 159 valence electrons. The molecule has 0 fully saturated rings. The third-order valence-electron chi connectivity index (χ3n) is 5.19. The Morgan fingerprint density at radius 3 is 2.47 bits per heavy atom. The van der Waals surface area contributed by atoms with Crippen molar-refractivity contribution in [1.29, 1.82) is 0 Å². The lowest BCUT2D eigenvalue weighted by atomic mass is 10.1. The first kappa shape index (κ1) is 22.3. The highest BCUT2D eigenvalue weighted by atomic mass is 32.2. The molecule has 1 aromatic heterocycles. The number of ether oxygens (including phenoxy) is 1. The van der Waals surface area contributed by atoms with E-state index in [0.717, 1.165) is 32.8 Å². The summed E-state index contributed by atoms with van der Waals surface area (Å²) in [4.78, 5) is 5.22. The minimum absolute atomic E-state index is 0.0878. The number of fused-ring (bicyclic) bond motifs is 1. The number of methoxy groups -OCH3 is 1. The van der Waals surface area contributed by atoms with Gasteiger partial charge in [-0.15, -0.1) is 0 Å². The standard InChI is InChI=1S/C23H30N3O2SSi/c1-23(2,3)30(6)26-29(5,27)19-10-7-17(8-11-19)16-25-21-13-14-24-22-15-18(28-4)9-12-20(21)22/h7-15H,16H2,1-6H3,(H,24,25). The van der Waals surface area contributed by atoms with E-state index in [9.17, 15) is 4.21 Å². The zero-order chi connectivity index (χ0) is 21.9. The summed E-state index contributed by atoms with van der Waals surface area (Å²) in [6.07, 6.45) is 3.54. The Morgan fingerprint density at radius 2 is 1.83 bits per heavy atom. The molecule has 5 nitrogen and oxygen atoms in total. The van der Waals surface area contributed by atoms with Crippen LogP contribution in [0.25, 0.3) is 10.9 Å². The molecule has 2 aromatic carbocycles. The molecular formula is C23H30N3O2SSi. The number of hydrogen-bond acceptors (Lipinski definition) is 5. The zero-order valence-corrected chi connectivity index (χ0v) is 20.3. The smallest absolute Gasteiger partial charge is 0.212 e. The first-order chi connectivity index (χ1) is 14.1. The number of nitrogens with one attached hydrogen (secondary N) is 1. The number of aromatic nitrogens is 1. The van der Waals surface area contributed by atoms with Crippen molar-refractivity contribution in [3.05, 3.63) is 60.3 Å². The van der Waals surface area contributed by atoms with Crippen molar-refractivity contribution in [2.24, 2.45) is 4.03 Å². The van der Waals surface area contributed by atoms with Crippen LogP contribution in [0.1, 0.15) is 26.3 Å². The molecular weight excluding hydrogens is 410 g/mol. The molecule has 0 saturated carbocycles. The second-order valence-corrected chi connectivity index (χ2v) is 13.9. The van der Waals surface area contributed by atoms with Crippen LogP contribution in [0, 0.1) is 0 Å². The van der Waals surface area contributed by atoms with Gasteiger partial charge in [-0.1, -0.05) is 32.9 Å². The molecule has 1 N–H and O–H groups in total. The molecule has 0 aliphatic carbocycles. The van der Waals surface area contributed by atoms with Crippen molar-refractivity contribution in [3.8, 4) is 5.75 Å². The van der Waals surface area contributed by atoms with Gasteiger partial charge in [0.1, 0.15) is 5.75 Å². The first-order valence-electron chi connectivity index (χ1n) is 9.92. The number of nitrogens with zero attached hydrogens (tertiary/aromatic N) is 2. The van der Waals surface area contributed by atoms with E-state index in [1.165, 1.54) is 0 Å². The molecule has 3 aromatic rings.